The van der Waals surface area contributed by atoms with Gasteiger partial charge in [0.1, 0.15) is 18.3 Å². The molecule has 10 heteroatoms. The minimum absolute atomic E-state index is 0.0737. The van der Waals surface area contributed by atoms with Crippen LogP contribution in [0.15, 0.2) is 18.5 Å². The lowest BCUT2D eigenvalue weighted by Gasteiger charge is -2.38. The quantitative estimate of drug-likeness (QED) is 0.598. The summed E-state index contributed by atoms with van der Waals surface area (Å²) in [7, 11) is 0. The number of aromatic nitrogens is 3. The van der Waals surface area contributed by atoms with E-state index >= 15 is 0 Å². The van der Waals surface area contributed by atoms with Crippen molar-refractivity contribution >= 4 is 5.82 Å². The van der Waals surface area contributed by atoms with Crippen LogP contribution in [-0.2, 0) is 18.1 Å². The highest BCUT2D eigenvalue weighted by atomic mass is 19.4. The van der Waals surface area contributed by atoms with Gasteiger partial charge in [-0.1, -0.05) is 13.8 Å². The number of fused-ring (bicyclic) bond motifs is 1. The van der Waals surface area contributed by atoms with Gasteiger partial charge in [-0.15, -0.1) is 0 Å². The van der Waals surface area contributed by atoms with Crippen LogP contribution in [0.4, 0.5) is 23.4 Å². The number of nitrogens with two attached hydrogens (primary N) is 1. The SMILES string of the molecule is CC(C)Cc1nc(-c2cnc(N)c(C(F)(F)F)c2)cn1[C@]12C3C(N4CCN(CCF)CC4)C[C@@H]1[C@H]32. The fraction of sp³-hybridized carbons (Fsp3) is 0.680. The predicted molar refractivity (Wildman–Crippen MR) is 124 cm³/mol. The number of pyridine rings is 1. The van der Waals surface area contributed by atoms with Gasteiger partial charge in [-0.25, -0.2) is 14.4 Å². The Morgan fingerprint density at radius 1 is 1.17 bits per heavy atom. The lowest BCUT2D eigenvalue weighted by atomic mass is 10.1. The topological polar surface area (TPSA) is 63.2 Å². The van der Waals surface area contributed by atoms with E-state index in [9.17, 15) is 17.6 Å². The first-order valence-corrected chi connectivity index (χ1v) is 12.6. The Morgan fingerprint density at radius 3 is 2.54 bits per heavy atom. The highest BCUT2D eigenvalue weighted by Crippen LogP contribution is 2.89. The van der Waals surface area contributed by atoms with E-state index < -0.39 is 17.6 Å². The molecule has 3 heterocycles. The number of alkyl halides is 4. The van der Waals surface area contributed by atoms with Crippen LogP contribution < -0.4 is 5.73 Å². The number of nitrogens with zero attached hydrogens (tertiary/aromatic N) is 5. The summed E-state index contributed by atoms with van der Waals surface area (Å²) in [6.07, 6.45) is 0.719. The molecule has 1 aliphatic heterocycles. The van der Waals surface area contributed by atoms with Crippen molar-refractivity contribution < 1.29 is 17.6 Å². The molecule has 5 atom stereocenters. The number of rotatable bonds is 7. The molecule has 0 aromatic carbocycles. The molecular weight excluding hydrogens is 460 g/mol. The van der Waals surface area contributed by atoms with Gasteiger partial charge in [0.15, 0.2) is 0 Å². The normalized spacial score (nSPS) is 32.3. The first-order chi connectivity index (χ1) is 16.7. The summed E-state index contributed by atoms with van der Waals surface area (Å²) in [5, 5.41) is 0. The number of halogens is 4. The van der Waals surface area contributed by atoms with E-state index in [0.717, 1.165) is 50.9 Å². The highest BCUT2D eigenvalue weighted by molar-refractivity contribution is 5.63. The van der Waals surface area contributed by atoms with Crippen LogP contribution in [-0.4, -0.2) is 69.8 Å². The molecular formula is C25H32F4N6. The molecule has 0 amide bonds. The third-order valence-corrected chi connectivity index (χ3v) is 8.76. The second-order valence-corrected chi connectivity index (χ2v) is 11.1. The summed E-state index contributed by atoms with van der Waals surface area (Å²) in [4.78, 5) is 13.4. The van der Waals surface area contributed by atoms with E-state index in [0.29, 0.717) is 47.5 Å². The van der Waals surface area contributed by atoms with Crippen LogP contribution >= 0.6 is 0 Å². The summed E-state index contributed by atoms with van der Waals surface area (Å²) in [5.41, 5.74) is 5.54. The van der Waals surface area contributed by atoms with E-state index in [4.69, 9.17) is 10.7 Å². The Bertz CT molecular complexity index is 1120. The van der Waals surface area contributed by atoms with E-state index in [-0.39, 0.29) is 12.2 Å². The molecule has 0 radical (unpaired) electrons. The van der Waals surface area contributed by atoms with Gasteiger partial charge in [0.2, 0.25) is 0 Å². The van der Waals surface area contributed by atoms with E-state index in [1.807, 2.05) is 6.20 Å². The fourth-order valence-corrected chi connectivity index (χ4v) is 7.17. The van der Waals surface area contributed by atoms with Crippen molar-refractivity contribution in [3.8, 4) is 11.3 Å². The zero-order chi connectivity index (χ0) is 24.7. The minimum Gasteiger partial charge on any atom is -0.383 e. The molecule has 2 N–H and O–H groups in total. The first kappa shape index (κ1) is 23.2. The number of imidazole rings is 1. The Hall–Kier alpha value is -2.20. The summed E-state index contributed by atoms with van der Waals surface area (Å²) < 4.78 is 55.3. The van der Waals surface area contributed by atoms with Crippen molar-refractivity contribution in [3.05, 3.63) is 29.8 Å². The van der Waals surface area contributed by atoms with Crippen LogP contribution in [0.1, 0.15) is 31.7 Å². The lowest BCUT2D eigenvalue weighted by molar-refractivity contribution is -0.137. The van der Waals surface area contributed by atoms with Gasteiger partial charge in [-0.3, -0.25) is 9.80 Å². The molecule has 35 heavy (non-hydrogen) atoms. The van der Waals surface area contributed by atoms with Gasteiger partial charge >= 0.3 is 6.18 Å². The fourth-order valence-electron chi connectivity index (χ4n) is 7.17. The molecule has 5 aliphatic rings. The van der Waals surface area contributed by atoms with Gasteiger partial charge < -0.3 is 10.3 Å². The molecule has 2 unspecified atom stereocenters. The maximum atomic E-state index is 13.4. The van der Waals surface area contributed by atoms with Crippen LogP contribution in [0, 0.1) is 23.7 Å². The Kier molecular flexibility index (Phi) is 5.24. The smallest absolute Gasteiger partial charge is 0.383 e. The molecule has 4 aliphatic carbocycles. The van der Waals surface area contributed by atoms with Crippen molar-refractivity contribution in [1.82, 2.24) is 24.3 Å². The minimum atomic E-state index is -4.56. The molecule has 2 aromatic heterocycles. The lowest BCUT2D eigenvalue weighted by Crippen LogP contribution is -2.50. The van der Waals surface area contributed by atoms with E-state index in [2.05, 4.69) is 33.2 Å². The number of nitrogen functional groups attached to an aromatic ring is 1. The van der Waals surface area contributed by atoms with Crippen molar-refractivity contribution in [2.24, 2.45) is 23.7 Å². The Balaban J connectivity index is 1.27. The largest absolute Gasteiger partial charge is 0.419 e. The van der Waals surface area contributed by atoms with Gasteiger partial charge in [0.25, 0.3) is 0 Å². The molecule has 2 bridgehead atoms. The number of anilines is 1. The molecule has 190 valence electrons. The summed E-state index contributed by atoms with van der Waals surface area (Å²) in [6, 6.07) is 1.60. The molecule has 0 spiro atoms. The summed E-state index contributed by atoms with van der Waals surface area (Å²) in [6.45, 7) is 8.26. The van der Waals surface area contributed by atoms with Crippen molar-refractivity contribution in [3.63, 3.8) is 0 Å². The Labute approximate surface area is 202 Å². The molecule has 1 saturated heterocycles. The predicted octanol–water partition coefficient (Wildman–Crippen LogP) is 3.68. The number of hydrogen-bond donors (Lipinski definition) is 1. The van der Waals surface area contributed by atoms with Crippen molar-refractivity contribution in [1.29, 1.82) is 0 Å². The first-order valence-electron chi connectivity index (χ1n) is 12.6. The van der Waals surface area contributed by atoms with Gasteiger partial charge in [-0.05, 0) is 30.2 Å². The van der Waals surface area contributed by atoms with Gasteiger partial charge in [-0.2, -0.15) is 13.2 Å². The average Bonchev–Trinajstić information content (AvgIpc) is 3.36. The zero-order valence-corrected chi connectivity index (χ0v) is 20.1. The van der Waals surface area contributed by atoms with Crippen LogP contribution in [0.3, 0.4) is 0 Å². The van der Waals surface area contributed by atoms with Crippen molar-refractivity contribution in [2.75, 3.05) is 45.1 Å². The second-order valence-electron chi connectivity index (χ2n) is 11.1. The maximum absolute atomic E-state index is 13.4. The monoisotopic (exact) mass is 492 g/mol. The highest BCUT2D eigenvalue weighted by Gasteiger charge is 2.93. The second kappa shape index (κ2) is 7.90. The Morgan fingerprint density at radius 2 is 1.91 bits per heavy atom. The van der Waals surface area contributed by atoms with E-state index in [1.165, 1.54) is 6.20 Å². The van der Waals surface area contributed by atoms with Crippen molar-refractivity contribution in [2.45, 2.75) is 44.4 Å². The van der Waals surface area contributed by atoms with E-state index in [1.54, 1.807) is 0 Å². The molecule has 4 saturated carbocycles. The zero-order valence-electron chi connectivity index (χ0n) is 20.1. The third-order valence-electron chi connectivity index (χ3n) is 8.76. The van der Waals surface area contributed by atoms with Crippen LogP contribution in [0.25, 0.3) is 11.3 Å². The number of hydrogen-bond acceptors (Lipinski definition) is 5. The van der Waals surface area contributed by atoms with Crippen LogP contribution in [0.5, 0.6) is 0 Å². The van der Waals surface area contributed by atoms with Gasteiger partial charge in [0.05, 0.1) is 16.8 Å². The van der Waals surface area contributed by atoms with Crippen LogP contribution in [0.2, 0.25) is 0 Å². The summed E-state index contributed by atoms with van der Waals surface area (Å²) >= 11 is 0. The summed E-state index contributed by atoms with van der Waals surface area (Å²) in [5.74, 6) is 2.64. The molecule has 7 rings (SSSR count). The third kappa shape index (κ3) is 3.50. The van der Waals surface area contributed by atoms with Gasteiger partial charge in [0, 0.05) is 69.1 Å². The molecule has 5 fully saturated rings. The maximum Gasteiger partial charge on any atom is 0.419 e. The standard InChI is InChI=1S/C25H32F4N6/c1-14(2)9-20-32-18(15-10-17(25(27,28)29)23(30)31-12-15)13-35(20)24-16-11-19(22(24)21(16)24)34-7-5-33(4-3-26)6-8-34/h10,12-14,16,19,21-22H,3-9,11H2,1-2H3,(H2,30,31)/t16-,19?,21-,22?,24-/m1/s1. The number of piperazine rings is 1. The average molecular weight is 493 g/mol. The molecule has 6 nitrogen and oxygen atoms in total. The molecule has 2 aromatic rings.